The number of nitrogens with zero attached hydrogens (tertiary/aromatic N) is 1. The molecule has 1 aliphatic heterocycles. The number of carbonyl (C=O) groups is 1. The Labute approximate surface area is 170 Å². The first-order valence-electron chi connectivity index (χ1n) is 9.83. The second-order valence-electron chi connectivity index (χ2n) is 7.61. The van der Waals surface area contributed by atoms with E-state index in [1.54, 1.807) is 31.0 Å². The molecule has 0 aromatic heterocycles. The molecule has 1 aliphatic carbocycles. The summed E-state index contributed by atoms with van der Waals surface area (Å²) in [5, 5.41) is 4.05. The summed E-state index contributed by atoms with van der Waals surface area (Å²) in [5.41, 5.74) is 0.937. The minimum atomic E-state index is -0.492. The topological polar surface area (TPSA) is 59.9 Å². The predicted molar refractivity (Wildman–Crippen MR) is 110 cm³/mol. The van der Waals surface area contributed by atoms with Crippen molar-refractivity contribution in [2.24, 2.45) is 10.9 Å². The number of hydrogen-bond acceptors (Lipinski definition) is 5. The van der Waals surface area contributed by atoms with Crippen LogP contribution in [0.15, 0.2) is 29.3 Å². The number of methoxy groups -OCH3 is 1. The Morgan fingerprint density at radius 2 is 2.00 bits per heavy atom. The van der Waals surface area contributed by atoms with Crippen molar-refractivity contribution in [1.82, 2.24) is 5.32 Å². The molecule has 1 aromatic carbocycles. The van der Waals surface area contributed by atoms with Gasteiger partial charge in [0.15, 0.2) is 11.0 Å². The molecule has 2 aliphatic rings. The van der Waals surface area contributed by atoms with Gasteiger partial charge in [-0.3, -0.25) is 4.99 Å². The van der Waals surface area contributed by atoms with Gasteiger partial charge in [0.2, 0.25) is 0 Å². The van der Waals surface area contributed by atoms with Gasteiger partial charge < -0.3 is 19.6 Å². The van der Waals surface area contributed by atoms with Gasteiger partial charge in [0, 0.05) is 26.6 Å². The molecular formula is C21H29FN2O3S. The second-order valence-corrected chi connectivity index (χ2v) is 9.08. The lowest BCUT2D eigenvalue weighted by Crippen LogP contribution is -2.49. The molecule has 1 saturated heterocycles. The molecule has 1 heterocycles. The average molecular weight is 409 g/mol. The minimum absolute atomic E-state index is 0.254. The van der Waals surface area contributed by atoms with Gasteiger partial charge in [0.25, 0.3) is 0 Å². The van der Waals surface area contributed by atoms with Crippen molar-refractivity contribution in [2.75, 3.05) is 13.7 Å². The lowest BCUT2D eigenvalue weighted by atomic mass is 9.75. The maximum Gasteiger partial charge on any atom is 0.167 e. The molecule has 5 nitrogen and oxygen atoms in total. The van der Waals surface area contributed by atoms with E-state index in [0.29, 0.717) is 19.1 Å². The van der Waals surface area contributed by atoms with Gasteiger partial charge in [0.05, 0.1) is 17.3 Å². The molecule has 0 amide bonds. The van der Waals surface area contributed by atoms with Gasteiger partial charge in [-0.1, -0.05) is 23.9 Å². The zero-order valence-electron chi connectivity index (χ0n) is 16.7. The molecule has 7 heteroatoms. The van der Waals surface area contributed by atoms with Gasteiger partial charge in [-0.2, -0.15) is 0 Å². The summed E-state index contributed by atoms with van der Waals surface area (Å²) in [6.07, 6.45) is 4.52. The summed E-state index contributed by atoms with van der Waals surface area (Å²) >= 11 is 1.65. The quantitative estimate of drug-likeness (QED) is 0.547. The van der Waals surface area contributed by atoms with E-state index in [-0.39, 0.29) is 16.6 Å². The van der Waals surface area contributed by atoms with Gasteiger partial charge >= 0.3 is 0 Å². The van der Waals surface area contributed by atoms with Gasteiger partial charge in [-0.25, -0.2) is 4.39 Å². The lowest BCUT2D eigenvalue weighted by molar-refractivity contribution is -0.241. The molecule has 1 saturated carbocycles. The number of ether oxygens (including phenoxy) is 2. The van der Waals surface area contributed by atoms with Crippen molar-refractivity contribution >= 4 is 23.2 Å². The molecule has 2 unspecified atom stereocenters. The van der Waals surface area contributed by atoms with Crippen molar-refractivity contribution in [3.63, 3.8) is 0 Å². The van der Waals surface area contributed by atoms with Crippen LogP contribution in [0.1, 0.15) is 45.1 Å². The Morgan fingerprint density at radius 3 is 2.57 bits per heavy atom. The molecule has 2 fully saturated rings. The van der Waals surface area contributed by atoms with E-state index in [0.717, 1.165) is 42.7 Å². The van der Waals surface area contributed by atoms with Crippen LogP contribution in [0.3, 0.4) is 0 Å². The fraction of sp³-hybridized carbons (Fsp3) is 0.619. The number of hydrogen-bond donors (Lipinski definition) is 1. The number of halogens is 1. The first kappa shape index (κ1) is 21.3. The number of aliphatic imine (C=N–C) groups is 1. The molecule has 28 heavy (non-hydrogen) atoms. The van der Waals surface area contributed by atoms with Gasteiger partial charge in [-0.05, 0) is 50.3 Å². The highest BCUT2D eigenvalue weighted by Crippen LogP contribution is 2.49. The van der Waals surface area contributed by atoms with E-state index in [9.17, 15) is 9.18 Å². The number of nitrogens with one attached hydrogen (secondary N) is 1. The maximum atomic E-state index is 13.1. The van der Waals surface area contributed by atoms with Crippen LogP contribution in [0.4, 0.5) is 4.39 Å². The number of rotatable bonds is 7. The Hall–Kier alpha value is -1.44. The van der Waals surface area contributed by atoms with Crippen molar-refractivity contribution < 1.29 is 18.7 Å². The largest absolute Gasteiger partial charge is 0.354 e. The van der Waals surface area contributed by atoms with Crippen molar-refractivity contribution in [3.8, 4) is 0 Å². The summed E-state index contributed by atoms with van der Waals surface area (Å²) in [5.74, 6) is -0.383. The van der Waals surface area contributed by atoms with Crippen LogP contribution in [0.2, 0.25) is 0 Å². The number of carbonyl (C=O) groups excluding carboxylic acids is 1. The summed E-state index contributed by atoms with van der Waals surface area (Å²) < 4.78 is 24.3. The molecule has 0 spiro atoms. The molecule has 1 aromatic rings. The standard InChI is InChI=1S/C21H29FN2O3S/c1-4-27-21(26-3)11-9-16(10-12-21)20(2)18(14-25)24-19(28-20)23-13-15-5-7-17(22)8-6-15/h5-8,14,16,18H,4,9-13H2,1-3H3,(H,23,24). The van der Waals surface area contributed by atoms with Gasteiger partial charge in [-0.15, -0.1) is 0 Å². The zero-order valence-corrected chi connectivity index (χ0v) is 17.6. The van der Waals surface area contributed by atoms with Crippen LogP contribution >= 0.6 is 11.8 Å². The Morgan fingerprint density at radius 1 is 1.32 bits per heavy atom. The molecule has 1 N–H and O–H groups in total. The Kier molecular flexibility index (Phi) is 6.78. The lowest BCUT2D eigenvalue weighted by Gasteiger charge is -2.44. The van der Waals surface area contributed by atoms with E-state index in [1.807, 2.05) is 6.92 Å². The summed E-state index contributed by atoms with van der Waals surface area (Å²) in [6, 6.07) is 6.05. The second kappa shape index (κ2) is 8.93. The molecule has 0 radical (unpaired) electrons. The van der Waals surface area contributed by atoms with E-state index in [4.69, 9.17) is 9.47 Å². The predicted octanol–water partition coefficient (Wildman–Crippen LogP) is 3.91. The van der Waals surface area contributed by atoms with Crippen LogP contribution < -0.4 is 5.32 Å². The highest BCUT2D eigenvalue weighted by Gasteiger charge is 2.51. The number of amidine groups is 1. The SMILES string of the molecule is CCOC1(OC)CCC(C2(C)SC(=NCc3ccc(F)cc3)NC2C=O)CC1. The molecule has 3 rings (SSSR count). The summed E-state index contributed by atoms with van der Waals surface area (Å²) in [7, 11) is 1.71. The Bertz CT molecular complexity index is 704. The molecule has 154 valence electrons. The molecular weight excluding hydrogens is 379 g/mol. The third-order valence-corrected chi connectivity index (χ3v) is 7.47. The van der Waals surface area contributed by atoms with E-state index < -0.39 is 5.79 Å². The zero-order chi connectivity index (χ0) is 20.2. The van der Waals surface area contributed by atoms with Crippen LogP contribution in [0.5, 0.6) is 0 Å². The first-order valence-corrected chi connectivity index (χ1v) is 10.6. The number of benzene rings is 1. The van der Waals surface area contributed by atoms with Gasteiger partial charge in [0.1, 0.15) is 12.1 Å². The highest BCUT2D eigenvalue weighted by atomic mass is 32.2. The Balaban J connectivity index is 1.68. The van der Waals surface area contributed by atoms with E-state index >= 15 is 0 Å². The summed E-state index contributed by atoms with van der Waals surface area (Å²) in [6.45, 7) is 5.22. The minimum Gasteiger partial charge on any atom is -0.354 e. The van der Waals surface area contributed by atoms with Crippen LogP contribution in [0, 0.1) is 11.7 Å². The molecule has 2 atom stereocenters. The number of aldehydes is 1. The first-order chi connectivity index (χ1) is 13.4. The average Bonchev–Trinajstić information content (AvgIpc) is 3.05. The molecule has 0 bridgehead atoms. The van der Waals surface area contributed by atoms with Crippen molar-refractivity contribution in [2.45, 2.75) is 62.7 Å². The normalized spacial score (nSPS) is 34.4. The fourth-order valence-electron chi connectivity index (χ4n) is 4.22. The van der Waals surface area contributed by atoms with Crippen LogP contribution in [-0.2, 0) is 20.8 Å². The maximum absolute atomic E-state index is 13.1. The monoisotopic (exact) mass is 408 g/mol. The number of thioether (sulfide) groups is 1. The van der Waals surface area contributed by atoms with Crippen LogP contribution in [-0.4, -0.2) is 41.7 Å². The third-order valence-electron chi connectivity index (χ3n) is 6.01. The van der Waals surface area contributed by atoms with E-state index in [1.165, 1.54) is 12.1 Å². The fourth-order valence-corrected chi connectivity index (χ4v) is 5.59. The van der Waals surface area contributed by atoms with E-state index in [2.05, 4.69) is 17.2 Å². The van der Waals surface area contributed by atoms with Crippen molar-refractivity contribution in [1.29, 1.82) is 0 Å². The summed E-state index contributed by atoms with van der Waals surface area (Å²) in [4.78, 5) is 16.4. The highest BCUT2D eigenvalue weighted by molar-refractivity contribution is 8.15. The third kappa shape index (κ3) is 4.42. The van der Waals surface area contributed by atoms with Crippen molar-refractivity contribution in [3.05, 3.63) is 35.6 Å². The van der Waals surface area contributed by atoms with Crippen LogP contribution in [0.25, 0.3) is 0 Å². The smallest absolute Gasteiger partial charge is 0.167 e.